The Kier molecular flexibility index (Phi) is 7.83. The van der Waals surface area contributed by atoms with Gasteiger partial charge in [-0.1, -0.05) is 54.6 Å². The number of amides is 1. The predicted octanol–water partition coefficient (Wildman–Crippen LogP) is 2.27. The minimum atomic E-state index is -1.98. The lowest BCUT2D eigenvalue weighted by Crippen LogP contribution is -2.63. The molecule has 1 aromatic heterocycles. The molecule has 0 saturated carbocycles. The summed E-state index contributed by atoms with van der Waals surface area (Å²) in [6.45, 7) is 1.08. The van der Waals surface area contributed by atoms with Gasteiger partial charge in [0, 0.05) is 18.8 Å². The van der Waals surface area contributed by atoms with Crippen LogP contribution in [0.5, 0.6) is 11.5 Å². The number of H-pyrrole nitrogens is 1. The van der Waals surface area contributed by atoms with E-state index in [1.165, 1.54) is 20.2 Å². The summed E-state index contributed by atoms with van der Waals surface area (Å²) in [5.74, 6) is 0.573. The Hall–Kier alpha value is -4.75. The molecule has 0 radical (unpaired) electrons. The summed E-state index contributed by atoms with van der Waals surface area (Å²) in [7, 11) is 4.55. The van der Waals surface area contributed by atoms with Crippen LogP contribution < -0.4 is 20.7 Å². The maximum absolute atomic E-state index is 13.8. The highest BCUT2D eigenvalue weighted by molar-refractivity contribution is 5.86. The molecule has 1 amide bonds. The van der Waals surface area contributed by atoms with Crippen LogP contribution in [-0.2, 0) is 24.7 Å². The number of carbonyl (C=O) groups is 1. The highest BCUT2D eigenvalue weighted by Crippen LogP contribution is 2.47. The Bertz CT molecular complexity index is 1760. The number of aryl methyl sites for hydroxylation is 1. The van der Waals surface area contributed by atoms with Crippen molar-refractivity contribution in [2.45, 2.75) is 36.6 Å². The van der Waals surface area contributed by atoms with Gasteiger partial charge in [-0.3, -0.25) is 24.0 Å². The summed E-state index contributed by atoms with van der Waals surface area (Å²) in [6.07, 6.45) is -2.66. The van der Waals surface area contributed by atoms with Crippen molar-refractivity contribution in [1.82, 2.24) is 14.6 Å². The van der Waals surface area contributed by atoms with Gasteiger partial charge in [-0.2, -0.15) is 0 Å². The number of likely N-dealkylation sites (N-methyl/N-ethyl adjacent to an activating group) is 1. The number of nitrogens with one attached hydrogen (secondary N) is 1. The third kappa shape index (κ3) is 4.92. The monoisotopic (exact) mass is 615 g/mol. The van der Waals surface area contributed by atoms with Crippen molar-refractivity contribution in [1.29, 1.82) is 0 Å². The van der Waals surface area contributed by atoms with Gasteiger partial charge in [0.15, 0.2) is 12.3 Å². The van der Waals surface area contributed by atoms with Crippen LogP contribution >= 0.6 is 0 Å². The van der Waals surface area contributed by atoms with Crippen molar-refractivity contribution in [2.75, 3.05) is 27.9 Å². The van der Waals surface area contributed by atoms with Gasteiger partial charge in [0.1, 0.15) is 23.2 Å². The molecule has 45 heavy (non-hydrogen) atoms. The normalized spacial score (nSPS) is 22.8. The van der Waals surface area contributed by atoms with Crippen molar-refractivity contribution in [3.05, 3.63) is 128 Å². The fraction of sp³-hybridized carbons (Fsp3) is 0.303. The summed E-state index contributed by atoms with van der Waals surface area (Å²) in [5.41, 5.74) is -2.26. The van der Waals surface area contributed by atoms with Crippen molar-refractivity contribution in [3.63, 3.8) is 0 Å². The van der Waals surface area contributed by atoms with E-state index in [0.717, 1.165) is 15.2 Å². The molecular weight excluding hydrogens is 582 g/mol. The van der Waals surface area contributed by atoms with E-state index in [1.54, 1.807) is 14.2 Å². The number of aromatic nitrogens is 2. The minimum absolute atomic E-state index is 0.237. The average Bonchev–Trinajstić information content (AvgIpc) is 3.28. The molecule has 1 unspecified atom stereocenters. The number of benzene rings is 3. The number of aliphatic hydroxyl groups excluding tert-OH is 1. The summed E-state index contributed by atoms with van der Waals surface area (Å²) >= 11 is 0. The SMILES string of the molecule is COc1ccc(C(OC[C@]23O[C@@H](n4cc(C)c(=O)[nH]c4=O)[C@@H](ON(C)C2=O)C3O)(c2ccccc2)c2ccc(OC)cc2)cc1. The van der Waals surface area contributed by atoms with Crippen LogP contribution in [0.1, 0.15) is 28.5 Å². The van der Waals surface area contributed by atoms with Crippen LogP contribution in [-0.4, -0.2) is 71.3 Å². The molecule has 4 aromatic rings. The van der Waals surface area contributed by atoms with E-state index in [0.29, 0.717) is 22.6 Å². The smallest absolute Gasteiger partial charge is 0.330 e. The van der Waals surface area contributed by atoms with E-state index in [4.69, 9.17) is 23.8 Å². The number of aromatic amines is 1. The molecule has 3 heterocycles. The highest BCUT2D eigenvalue weighted by atomic mass is 16.7. The molecular formula is C33H33N3O9. The Morgan fingerprint density at radius 1 is 0.889 bits per heavy atom. The van der Waals surface area contributed by atoms with Crippen LogP contribution in [0.3, 0.4) is 0 Å². The van der Waals surface area contributed by atoms with Crippen molar-refractivity contribution in [2.24, 2.45) is 0 Å². The van der Waals surface area contributed by atoms with Crippen LogP contribution in [0, 0.1) is 6.92 Å². The number of fused-ring (bicyclic) bond motifs is 2. The molecule has 6 rings (SSSR count). The Morgan fingerprint density at radius 2 is 1.44 bits per heavy atom. The molecule has 234 valence electrons. The number of ether oxygens (including phenoxy) is 4. The minimum Gasteiger partial charge on any atom is -0.497 e. The molecule has 2 saturated heterocycles. The van der Waals surface area contributed by atoms with Gasteiger partial charge >= 0.3 is 5.69 Å². The van der Waals surface area contributed by atoms with E-state index >= 15 is 0 Å². The number of nitrogens with zero attached hydrogens (tertiary/aromatic N) is 2. The number of aliphatic hydroxyl groups is 1. The maximum atomic E-state index is 13.8. The number of carbonyl (C=O) groups excluding carboxylic acids is 1. The van der Waals surface area contributed by atoms with Crippen LogP contribution in [0.15, 0.2) is 94.6 Å². The first kappa shape index (κ1) is 30.3. The van der Waals surface area contributed by atoms with E-state index in [2.05, 4.69) is 4.98 Å². The second kappa shape index (κ2) is 11.6. The Labute approximate surface area is 258 Å². The van der Waals surface area contributed by atoms with E-state index in [1.807, 2.05) is 78.9 Å². The third-order valence-electron chi connectivity index (χ3n) is 8.43. The van der Waals surface area contributed by atoms with Gasteiger partial charge < -0.3 is 24.1 Å². The van der Waals surface area contributed by atoms with Crippen molar-refractivity contribution in [3.8, 4) is 11.5 Å². The standard InChI is InChI=1S/C33H33N3O9/c1-20-18-36(31(40)34-28(20)38)29-26-27(37)32(44-29,30(39)35(2)45-26)19-43-33(21-8-6-5-7-9-21,22-10-14-24(41-3)15-11-22)23-12-16-25(42-4)17-13-23/h5-18,26-27,29,37H,19H2,1-4H3,(H,34,38,40)/t26-,27?,29+,32+/m0/s1. The van der Waals surface area contributed by atoms with E-state index in [9.17, 15) is 19.5 Å². The van der Waals surface area contributed by atoms with Gasteiger partial charge in [-0.15, -0.1) is 0 Å². The molecule has 3 aromatic carbocycles. The third-order valence-corrected chi connectivity index (χ3v) is 8.43. The second-order valence-corrected chi connectivity index (χ2v) is 11.0. The molecule has 0 spiro atoms. The first-order valence-corrected chi connectivity index (χ1v) is 14.3. The first-order valence-electron chi connectivity index (χ1n) is 14.3. The topological polar surface area (TPSA) is 142 Å². The Morgan fingerprint density at radius 3 is 2.00 bits per heavy atom. The zero-order valence-electron chi connectivity index (χ0n) is 25.1. The molecule has 2 aliphatic rings. The van der Waals surface area contributed by atoms with Crippen molar-refractivity contribution >= 4 is 5.91 Å². The second-order valence-electron chi connectivity index (χ2n) is 11.0. The lowest BCUT2D eigenvalue weighted by molar-refractivity contribution is -0.249. The van der Waals surface area contributed by atoms with Gasteiger partial charge in [0.05, 0.1) is 20.8 Å². The lowest BCUT2D eigenvalue weighted by atomic mass is 9.79. The van der Waals surface area contributed by atoms with Crippen LogP contribution in [0.25, 0.3) is 0 Å². The zero-order valence-corrected chi connectivity index (χ0v) is 25.1. The van der Waals surface area contributed by atoms with E-state index in [-0.39, 0.29) is 5.56 Å². The quantitative estimate of drug-likeness (QED) is 0.271. The number of hydroxylamine groups is 2. The number of rotatable bonds is 9. The van der Waals surface area contributed by atoms with Crippen LogP contribution in [0.4, 0.5) is 0 Å². The Balaban J connectivity index is 1.50. The summed E-state index contributed by atoms with van der Waals surface area (Å²) in [6, 6.07) is 24.2. The molecule has 2 bridgehead atoms. The van der Waals surface area contributed by atoms with Crippen LogP contribution in [0.2, 0.25) is 0 Å². The molecule has 12 nitrogen and oxygen atoms in total. The molecule has 2 fully saturated rings. The van der Waals surface area contributed by atoms with Gasteiger partial charge in [0.2, 0.25) is 5.60 Å². The maximum Gasteiger partial charge on any atom is 0.330 e. The lowest BCUT2D eigenvalue weighted by Gasteiger charge is -2.42. The van der Waals surface area contributed by atoms with Gasteiger partial charge in [0.25, 0.3) is 11.5 Å². The summed E-state index contributed by atoms with van der Waals surface area (Å²) < 4.78 is 25.2. The predicted molar refractivity (Wildman–Crippen MR) is 161 cm³/mol. The number of hydrogen-bond donors (Lipinski definition) is 2. The largest absolute Gasteiger partial charge is 0.497 e. The van der Waals surface area contributed by atoms with Gasteiger partial charge in [-0.05, 0) is 47.9 Å². The molecule has 12 heteroatoms. The van der Waals surface area contributed by atoms with Gasteiger partial charge in [-0.25, -0.2) is 9.86 Å². The molecule has 2 aliphatic heterocycles. The molecule has 4 atom stereocenters. The summed E-state index contributed by atoms with van der Waals surface area (Å²) in [4.78, 5) is 46.8. The molecule has 0 aliphatic carbocycles. The highest BCUT2D eigenvalue weighted by Gasteiger charge is 2.66. The molecule has 2 N–H and O–H groups in total. The number of methoxy groups -OCH3 is 2. The fourth-order valence-electron chi connectivity index (χ4n) is 6.02. The van der Waals surface area contributed by atoms with E-state index < -0.39 is 53.4 Å². The van der Waals surface area contributed by atoms with Crippen molar-refractivity contribution < 1.29 is 33.7 Å². The summed E-state index contributed by atoms with van der Waals surface area (Å²) in [5, 5.41) is 12.6. The average molecular weight is 616 g/mol. The number of hydrogen-bond acceptors (Lipinski definition) is 9. The zero-order chi connectivity index (χ0) is 31.9. The first-order chi connectivity index (χ1) is 21.6. The fourth-order valence-corrected chi connectivity index (χ4v) is 6.02.